The van der Waals surface area contributed by atoms with E-state index in [1.165, 1.54) is 11.8 Å². The van der Waals surface area contributed by atoms with Crippen molar-refractivity contribution in [2.75, 3.05) is 12.4 Å². The monoisotopic (exact) mass is 849 g/mol. The van der Waals surface area contributed by atoms with Crippen LogP contribution in [0.15, 0.2) is 116 Å². The van der Waals surface area contributed by atoms with E-state index in [2.05, 4.69) is 51.7 Å². The highest BCUT2D eigenvalue weighted by molar-refractivity contribution is 7.99. The van der Waals surface area contributed by atoms with E-state index >= 15 is 0 Å². The number of carbonyl (C=O) groups excluding carboxylic acids is 3. The van der Waals surface area contributed by atoms with Crippen molar-refractivity contribution >= 4 is 49.3 Å². The third-order valence-corrected chi connectivity index (χ3v) is 17.7. The van der Waals surface area contributed by atoms with Crippen molar-refractivity contribution in [3.05, 3.63) is 133 Å². The number of hydrogen-bond donors (Lipinski definition) is 1. The molecule has 1 aliphatic rings. The molecule has 8 atom stereocenters. The topological polar surface area (TPSA) is 132 Å². The van der Waals surface area contributed by atoms with E-state index in [-0.39, 0.29) is 34.1 Å². The molecular weight excluding hydrogens is 791 g/mol. The van der Waals surface area contributed by atoms with Gasteiger partial charge in [0.15, 0.2) is 26.6 Å². The van der Waals surface area contributed by atoms with E-state index < -0.39 is 78.2 Å². The Balaban J connectivity index is 1.86. The Bertz CT molecular complexity index is 1800. The molecule has 1 saturated heterocycles. The maximum atomic E-state index is 14.0. The first-order valence-electron chi connectivity index (χ1n) is 19.5. The van der Waals surface area contributed by atoms with Gasteiger partial charge in [-0.15, -0.1) is 29.6 Å². The molecule has 0 saturated carbocycles. The minimum atomic E-state index is -2.12. The second kappa shape index (κ2) is 21.0. The first-order chi connectivity index (χ1) is 27.4. The fraction of sp³-hybridized carbons (Fsp3) is 0.444. The van der Waals surface area contributed by atoms with Gasteiger partial charge in [0.2, 0.25) is 0 Å². The van der Waals surface area contributed by atoms with Gasteiger partial charge in [0, 0.05) is 29.6 Å². The smallest absolute Gasteiger partial charge is 0.338 e. The molecule has 0 spiro atoms. The van der Waals surface area contributed by atoms with Crippen LogP contribution in [0.3, 0.4) is 0 Å². The van der Waals surface area contributed by atoms with E-state index in [9.17, 15) is 18.9 Å². The van der Waals surface area contributed by atoms with Crippen LogP contribution < -0.4 is 4.72 Å². The van der Waals surface area contributed by atoms with Gasteiger partial charge in [0.05, 0.1) is 22.7 Å². The van der Waals surface area contributed by atoms with Crippen LogP contribution in [0.2, 0.25) is 18.1 Å². The molecule has 0 aromatic heterocycles. The number of nitrogens with one attached hydrogen (secondary N) is 1. The summed E-state index contributed by atoms with van der Waals surface area (Å²) in [6.07, 6.45) is -1.42. The Morgan fingerprint density at radius 2 is 1.24 bits per heavy atom. The summed E-state index contributed by atoms with van der Waals surface area (Å²) in [5.74, 6) is -1.85. The van der Waals surface area contributed by atoms with E-state index in [0.717, 1.165) is 0 Å². The lowest BCUT2D eigenvalue weighted by atomic mass is 9.92. The maximum absolute atomic E-state index is 14.0. The number of benzene rings is 3. The fourth-order valence-corrected chi connectivity index (χ4v) is 8.86. The van der Waals surface area contributed by atoms with Crippen LogP contribution in [-0.2, 0) is 34.7 Å². The molecule has 0 amide bonds. The van der Waals surface area contributed by atoms with Crippen molar-refractivity contribution < 1.29 is 42.3 Å². The Morgan fingerprint density at radius 3 is 1.66 bits per heavy atom. The number of rotatable bonds is 18. The molecule has 13 heteroatoms. The summed E-state index contributed by atoms with van der Waals surface area (Å²) in [5.41, 5.74) is -0.242. The normalized spacial score (nSPS) is 21.5. The van der Waals surface area contributed by atoms with Crippen molar-refractivity contribution in [3.8, 4) is 0 Å². The van der Waals surface area contributed by atoms with E-state index in [0.29, 0.717) is 12.4 Å². The van der Waals surface area contributed by atoms with Crippen LogP contribution in [0.25, 0.3) is 0 Å². The molecule has 3 aromatic rings. The standard InChI is InChI=1S/C45H59NO9S2Si/c1-11-22-35(46-57(50)44(3,4)5)36-37(52-40(47)32-23-16-13-17-24-32)38(53-41(48)33-25-18-14-19-26-33)39(54-42(49)34-27-20-15-21-28-34)43(55-36)56-30-31(12-2)29-51-58(9,10)45(6,7)8/h11-21,23-28,31,35-39,43,46H,1-2,22,29-30H2,3-10H3/t31?,35-,36-,37+,38+,39-,43-,57?/m1/s1. The fourth-order valence-electron chi connectivity index (χ4n) is 5.66. The molecule has 1 fully saturated rings. The van der Waals surface area contributed by atoms with Crippen LogP contribution in [0, 0.1) is 5.92 Å². The summed E-state index contributed by atoms with van der Waals surface area (Å²) in [5, 5.41) is -0.00927. The molecule has 2 unspecified atom stereocenters. The lowest BCUT2D eigenvalue weighted by Gasteiger charge is -2.47. The van der Waals surface area contributed by atoms with Gasteiger partial charge in [-0.25, -0.2) is 14.4 Å². The van der Waals surface area contributed by atoms with Gasteiger partial charge in [-0.1, -0.05) is 87.5 Å². The number of carbonyl (C=O) groups is 3. The van der Waals surface area contributed by atoms with Gasteiger partial charge in [-0.2, -0.15) is 0 Å². The number of thioether (sulfide) groups is 1. The third-order valence-electron chi connectivity index (χ3n) is 10.2. The zero-order valence-corrected chi connectivity index (χ0v) is 37.5. The van der Waals surface area contributed by atoms with Gasteiger partial charge < -0.3 is 27.9 Å². The lowest BCUT2D eigenvalue weighted by Crippen LogP contribution is -2.66. The summed E-state index contributed by atoms with van der Waals surface area (Å²) in [6, 6.07) is 24.4. The van der Waals surface area contributed by atoms with Crippen molar-refractivity contribution in [2.24, 2.45) is 5.92 Å². The molecule has 314 valence electrons. The number of esters is 3. The highest BCUT2D eigenvalue weighted by atomic mass is 32.2. The average Bonchev–Trinajstić information content (AvgIpc) is 3.19. The van der Waals surface area contributed by atoms with Crippen LogP contribution in [0.5, 0.6) is 0 Å². The second-order valence-electron chi connectivity index (χ2n) is 16.7. The average molecular weight is 850 g/mol. The molecule has 10 nitrogen and oxygen atoms in total. The van der Waals surface area contributed by atoms with Gasteiger partial charge in [-0.05, 0) is 81.7 Å². The third kappa shape index (κ3) is 12.9. The minimum Gasteiger partial charge on any atom is -0.598 e. The number of hydrogen-bond acceptors (Lipinski definition) is 11. The Kier molecular flexibility index (Phi) is 17.0. The quantitative estimate of drug-likeness (QED) is 0.0433. The lowest BCUT2D eigenvalue weighted by molar-refractivity contribution is -0.205. The van der Waals surface area contributed by atoms with E-state index in [1.807, 2.05) is 26.8 Å². The summed E-state index contributed by atoms with van der Waals surface area (Å²) < 4.78 is 48.7. The predicted molar refractivity (Wildman–Crippen MR) is 235 cm³/mol. The van der Waals surface area contributed by atoms with Gasteiger partial charge in [-0.3, -0.25) is 0 Å². The second-order valence-corrected chi connectivity index (χ2v) is 24.6. The largest absolute Gasteiger partial charge is 0.598 e. The minimum absolute atomic E-state index is 0.00927. The Morgan fingerprint density at radius 1 is 0.793 bits per heavy atom. The Hall–Kier alpha value is -3.69. The van der Waals surface area contributed by atoms with Crippen molar-refractivity contribution in [1.29, 1.82) is 0 Å². The van der Waals surface area contributed by atoms with Gasteiger partial charge in [0.1, 0.15) is 16.3 Å². The molecule has 0 radical (unpaired) electrons. The zero-order valence-electron chi connectivity index (χ0n) is 34.9. The van der Waals surface area contributed by atoms with E-state index in [1.54, 1.807) is 97.1 Å². The van der Waals surface area contributed by atoms with Crippen LogP contribution in [0.4, 0.5) is 0 Å². The SMILES string of the molecule is C=CC[C@@H](N[S+]([O-])C(C)(C)C)[C@H]1O[C@H](SCC(C=C)CO[Si](C)(C)C(C)(C)C)[C@H](OC(=O)c2ccccc2)[C@@H](OC(=O)c2ccccc2)[C@H]1OC(=O)c1ccccc1. The molecule has 58 heavy (non-hydrogen) atoms. The zero-order chi connectivity index (χ0) is 42.7. The summed E-state index contributed by atoms with van der Waals surface area (Å²) in [6.45, 7) is 24.9. The summed E-state index contributed by atoms with van der Waals surface area (Å²) >= 11 is -0.271. The maximum Gasteiger partial charge on any atom is 0.338 e. The Labute approximate surface area is 352 Å². The van der Waals surface area contributed by atoms with Crippen LogP contribution >= 0.6 is 11.8 Å². The van der Waals surface area contributed by atoms with Gasteiger partial charge >= 0.3 is 17.9 Å². The summed E-state index contributed by atoms with van der Waals surface area (Å²) in [7, 11) is -2.12. The van der Waals surface area contributed by atoms with Crippen molar-refractivity contribution in [2.45, 2.75) is 107 Å². The molecule has 3 aromatic carbocycles. The first kappa shape index (κ1) is 47.0. The first-order valence-corrected chi connectivity index (χ1v) is 24.6. The van der Waals surface area contributed by atoms with Crippen LogP contribution in [0.1, 0.15) is 79.0 Å². The highest BCUT2D eigenvalue weighted by Crippen LogP contribution is 2.40. The molecular formula is C45H59NO9S2Si. The molecule has 1 N–H and O–H groups in total. The highest BCUT2D eigenvalue weighted by Gasteiger charge is 2.55. The molecule has 4 rings (SSSR count). The predicted octanol–water partition coefficient (Wildman–Crippen LogP) is 8.94. The molecule has 1 heterocycles. The molecule has 0 aliphatic carbocycles. The molecule has 0 bridgehead atoms. The van der Waals surface area contributed by atoms with Crippen molar-refractivity contribution in [3.63, 3.8) is 0 Å². The summed E-state index contributed by atoms with van der Waals surface area (Å²) in [4.78, 5) is 42.0. The number of ether oxygens (including phenoxy) is 4. The van der Waals surface area contributed by atoms with Crippen molar-refractivity contribution in [1.82, 2.24) is 4.72 Å². The van der Waals surface area contributed by atoms with Gasteiger partial charge in [0.25, 0.3) is 0 Å². The van der Waals surface area contributed by atoms with E-state index in [4.69, 9.17) is 23.4 Å². The van der Waals surface area contributed by atoms with Crippen LogP contribution in [-0.4, -0.2) is 83.8 Å². The molecule has 1 aliphatic heterocycles.